The van der Waals surface area contributed by atoms with E-state index in [1.807, 2.05) is 0 Å². The molecule has 0 atom stereocenters. The largest absolute Gasteiger partial charge is 0.323 e. The van der Waals surface area contributed by atoms with Crippen LogP contribution in [0.4, 0.5) is 14.5 Å². The van der Waals surface area contributed by atoms with Crippen LogP contribution in [-0.2, 0) is 4.79 Å². The molecule has 1 aliphatic heterocycles. The molecule has 0 fully saturated rings. The fraction of sp³-hybridized carbons (Fsp3) is 0.167. The summed E-state index contributed by atoms with van der Waals surface area (Å²) in [4.78, 5) is 37.3. The van der Waals surface area contributed by atoms with Crippen LogP contribution >= 0.6 is 11.8 Å². The van der Waals surface area contributed by atoms with Crippen molar-refractivity contribution in [1.82, 2.24) is 4.90 Å². The van der Waals surface area contributed by atoms with Gasteiger partial charge in [0, 0.05) is 18.4 Å². The maximum Gasteiger partial charge on any atom is 0.261 e. The monoisotopic (exact) mass is 376 g/mol. The summed E-state index contributed by atoms with van der Waals surface area (Å²) in [5, 5.41) is 2.29. The summed E-state index contributed by atoms with van der Waals surface area (Å²) < 4.78 is 26.5. The number of hydrogen-bond donors (Lipinski definition) is 1. The average Bonchev–Trinajstić information content (AvgIpc) is 2.87. The number of carbonyl (C=O) groups excluding carboxylic acids is 3. The van der Waals surface area contributed by atoms with E-state index in [1.54, 1.807) is 24.3 Å². The van der Waals surface area contributed by atoms with E-state index in [0.717, 1.165) is 23.1 Å². The quantitative estimate of drug-likeness (QED) is 0.622. The standard InChI is InChI=1S/C18H14F2N2O3S/c19-11-5-6-14(20)15(9-11)21-16(23)10-26-8-7-22-17(24)12-3-1-2-4-13(12)18(22)25/h1-6,9H,7-8,10H2,(H,21,23). The Morgan fingerprint density at radius 3 is 2.35 bits per heavy atom. The van der Waals surface area contributed by atoms with Gasteiger partial charge >= 0.3 is 0 Å². The lowest BCUT2D eigenvalue weighted by Gasteiger charge is -2.13. The van der Waals surface area contributed by atoms with Crippen molar-refractivity contribution in [3.8, 4) is 0 Å². The fourth-order valence-corrected chi connectivity index (χ4v) is 3.26. The fourth-order valence-electron chi connectivity index (χ4n) is 2.54. The van der Waals surface area contributed by atoms with Crippen LogP contribution in [0.5, 0.6) is 0 Å². The van der Waals surface area contributed by atoms with Crippen LogP contribution in [0.2, 0.25) is 0 Å². The van der Waals surface area contributed by atoms with Gasteiger partial charge in [-0.1, -0.05) is 12.1 Å². The number of carbonyl (C=O) groups is 3. The minimum Gasteiger partial charge on any atom is -0.323 e. The first-order valence-electron chi connectivity index (χ1n) is 7.75. The summed E-state index contributed by atoms with van der Waals surface area (Å²) >= 11 is 1.19. The van der Waals surface area contributed by atoms with Crippen molar-refractivity contribution in [2.75, 3.05) is 23.4 Å². The lowest BCUT2D eigenvalue weighted by molar-refractivity contribution is -0.113. The molecule has 0 bridgehead atoms. The van der Waals surface area contributed by atoms with E-state index >= 15 is 0 Å². The first-order chi connectivity index (χ1) is 12.5. The van der Waals surface area contributed by atoms with Crippen LogP contribution in [0.1, 0.15) is 20.7 Å². The zero-order valence-electron chi connectivity index (χ0n) is 13.5. The highest BCUT2D eigenvalue weighted by Crippen LogP contribution is 2.22. The molecular weight excluding hydrogens is 362 g/mol. The first kappa shape index (κ1) is 18.1. The van der Waals surface area contributed by atoms with Crippen molar-refractivity contribution in [2.24, 2.45) is 0 Å². The molecule has 2 aromatic rings. The number of nitrogens with zero attached hydrogens (tertiary/aromatic N) is 1. The van der Waals surface area contributed by atoms with Crippen molar-refractivity contribution in [3.63, 3.8) is 0 Å². The third-order valence-electron chi connectivity index (χ3n) is 3.77. The molecule has 3 amide bonds. The van der Waals surface area contributed by atoms with Gasteiger partial charge in [-0.2, -0.15) is 11.8 Å². The summed E-state index contributed by atoms with van der Waals surface area (Å²) in [6.45, 7) is 0.165. The number of amides is 3. The predicted molar refractivity (Wildman–Crippen MR) is 94.1 cm³/mol. The van der Waals surface area contributed by atoms with E-state index < -0.39 is 17.5 Å². The van der Waals surface area contributed by atoms with Gasteiger partial charge in [-0.05, 0) is 24.3 Å². The number of halogens is 2. The Morgan fingerprint density at radius 2 is 1.69 bits per heavy atom. The zero-order chi connectivity index (χ0) is 18.7. The minimum atomic E-state index is -0.726. The van der Waals surface area contributed by atoms with Crippen molar-refractivity contribution >= 4 is 35.2 Å². The summed E-state index contributed by atoms with van der Waals surface area (Å²) in [6.07, 6.45) is 0. The molecule has 134 valence electrons. The second-order valence-corrected chi connectivity index (χ2v) is 6.64. The molecule has 1 N–H and O–H groups in total. The second kappa shape index (κ2) is 7.65. The molecule has 0 unspecified atom stereocenters. The molecule has 0 saturated heterocycles. The zero-order valence-corrected chi connectivity index (χ0v) is 14.3. The molecule has 0 spiro atoms. The van der Waals surface area contributed by atoms with E-state index in [-0.39, 0.29) is 29.8 Å². The summed E-state index contributed by atoms with van der Waals surface area (Å²) in [5.41, 5.74) is 0.527. The molecule has 2 aromatic carbocycles. The van der Waals surface area contributed by atoms with Crippen LogP contribution in [0.3, 0.4) is 0 Å². The van der Waals surface area contributed by atoms with Gasteiger partial charge in [0.1, 0.15) is 11.6 Å². The maximum atomic E-state index is 13.5. The van der Waals surface area contributed by atoms with Gasteiger partial charge in [-0.25, -0.2) is 8.78 Å². The molecule has 0 aliphatic carbocycles. The molecule has 3 rings (SSSR count). The van der Waals surface area contributed by atoms with Gasteiger partial charge in [0.25, 0.3) is 11.8 Å². The summed E-state index contributed by atoms with van der Waals surface area (Å²) in [6, 6.07) is 9.38. The SMILES string of the molecule is O=C(CSCCN1C(=O)c2ccccc2C1=O)Nc1cc(F)ccc1F. The number of imide groups is 1. The van der Waals surface area contributed by atoms with Crippen molar-refractivity contribution in [1.29, 1.82) is 0 Å². The van der Waals surface area contributed by atoms with Crippen molar-refractivity contribution in [3.05, 3.63) is 65.2 Å². The maximum absolute atomic E-state index is 13.5. The third-order valence-corrected chi connectivity index (χ3v) is 4.71. The molecule has 0 saturated carbocycles. The minimum absolute atomic E-state index is 0.0148. The lowest BCUT2D eigenvalue weighted by atomic mass is 10.1. The Kier molecular flexibility index (Phi) is 5.32. The highest BCUT2D eigenvalue weighted by atomic mass is 32.2. The topological polar surface area (TPSA) is 66.5 Å². The Balaban J connectivity index is 1.47. The number of rotatable bonds is 6. The van der Waals surface area contributed by atoms with Gasteiger partial charge in [0.2, 0.25) is 5.91 Å². The Bertz CT molecular complexity index is 853. The number of anilines is 1. The van der Waals surface area contributed by atoms with Crippen molar-refractivity contribution < 1.29 is 23.2 Å². The van der Waals surface area contributed by atoms with Crippen LogP contribution in [0.15, 0.2) is 42.5 Å². The molecule has 0 aromatic heterocycles. The van der Waals surface area contributed by atoms with E-state index in [4.69, 9.17) is 0 Å². The average molecular weight is 376 g/mol. The normalized spacial score (nSPS) is 13.1. The second-order valence-electron chi connectivity index (χ2n) is 5.53. The number of fused-ring (bicyclic) bond motifs is 1. The molecular formula is C18H14F2N2O3S. The lowest BCUT2D eigenvalue weighted by Crippen LogP contribution is -2.32. The van der Waals surface area contributed by atoms with Gasteiger partial charge in [0.05, 0.1) is 22.6 Å². The number of hydrogen-bond acceptors (Lipinski definition) is 4. The molecule has 26 heavy (non-hydrogen) atoms. The number of benzene rings is 2. The van der Waals surface area contributed by atoms with Gasteiger partial charge in [-0.3, -0.25) is 19.3 Å². The van der Waals surface area contributed by atoms with Gasteiger partial charge < -0.3 is 5.32 Å². The Morgan fingerprint density at radius 1 is 1.04 bits per heavy atom. The summed E-state index contributed by atoms with van der Waals surface area (Å²) in [7, 11) is 0. The van der Waals surface area contributed by atoms with Crippen molar-refractivity contribution in [2.45, 2.75) is 0 Å². The van der Waals surface area contributed by atoms with Crippen LogP contribution in [-0.4, -0.2) is 40.7 Å². The number of nitrogens with one attached hydrogen (secondary N) is 1. The Hall–Kier alpha value is -2.74. The van der Waals surface area contributed by atoms with E-state index in [2.05, 4.69) is 5.32 Å². The molecule has 1 heterocycles. The van der Waals surface area contributed by atoms with E-state index in [1.165, 1.54) is 11.8 Å². The highest BCUT2D eigenvalue weighted by Gasteiger charge is 2.34. The smallest absolute Gasteiger partial charge is 0.261 e. The molecule has 1 aliphatic rings. The molecule has 0 radical (unpaired) electrons. The molecule has 8 heteroatoms. The predicted octanol–water partition coefficient (Wildman–Crippen LogP) is 2.93. The summed E-state index contributed by atoms with van der Waals surface area (Å²) in [5.74, 6) is -2.24. The van der Waals surface area contributed by atoms with Gasteiger partial charge in [-0.15, -0.1) is 0 Å². The highest BCUT2D eigenvalue weighted by molar-refractivity contribution is 7.99. The van der Waals surface area contributed by atoms with Gasteiger partial charge in [0.15, 0.2) is 0 Å². The Labute approximate surface area is 152 Å². The van der Waals surface area contributed by atoms with E-state index in [9.17, 15) is 23.2 Å². The van der Waals surface area contributed by atoms with Crippen LogP contribution < -0.4 is 5.32 Å². The van der Waals surface area contributed by atoms with Crippen LogP contribution in [0, 0.1) is 11.6 Å². The van der Waals surface area contributed by atoms with Crippen LogP contribution in [0.25, 0.3) is 0 Å². The third kappa shape index (κ3) is 3.75. The molecule has 5 nitrogen and oxygen atoms in total. The van der Waals surface area contributed by atoms with E-state index in [0.29, 0.717) is 16.9 Å². The first-order valence-corrected chi connectivity index (χ1v) is 8.90. The number of thioether (sulfide) groups is 1.